The minimum absolute atomic E-state index is 0.417. The Balaban J connectivity index is 2.44. The van der Waals surface area contributed by atoms with Crippen LogP contribution >= 0.6 is 11.8 Å². The summed E-state index contributed by atoms with van der Waals surface area (Å²) in [6.45, 7) is 4.14. The number of rotatable bonds is 1. The van der Waals surface area contributed by atoms with E-state index in [1.54, 1.807) is 11.8 Å². The van der Waals surface area contributed by atoms with Gasteiger partial charge in [-0.1, -0.05) is 0 Å². The average Bonchev–Trinajstić information content (AvgIpc) is 2.21. The van der Waals surface area contributed by atoms with Gasteiger partial charge in [-0.3, -0.25) is 0 Å². The van der Waals surface area contributed by atoms with Crippen molar-refractivity contribution in [3.63, 3.8) is 0 Å². The summed E-state index contributed by atoms with van der Waals surface area (Å²) in [6, 6.07) is 3.80. The first-order chi connectivity index (χ1) is 7.50. The Hall–Kier alpha value is -1.16. The zero-order valence-electron chi connectivity index (χ0n) is 9.65. The van der Waals surface area contributed by atoms with Gasteiger partial charge in [0.15, 0.2) is 0 Å². The van der Waals surface area contributed by atoms with E-state index in [1.807, 2.05) is 11.9 Å². The van der Waals surface area contributed by atoms with Crippen LogP contribution < -0.4 is 4.90 Å². The summed E-state index contributed by atoms with van der Waals surface area (Å²) < 4.78 is 0. The number of aryl methyl sites for hydroxylation is 2. The lowest BCUT2D eigenvalue weighted by molar-refractivity contribution is -0.138. The standard InChI is InChI=1S/C12H15NO2S/c1-7-4-9-11(5-8(7)2)16-6-10(12(14)15)13(9)3/h4-5,10H,6H2,1-3H3,(H,14,15). The summed E-state index contributed by atoms with van der Waals surface area (Å²) in [7, 11) is 1.85. The Labute approximate surface area is 99.5 Å². The fourth-order valence-electron chi connectivity index (χ4n) is 1.85. The number of fused-ring (bicyclic) bond motifs is 1. The minimum Gasteiger partial charge on any atom is -0.480 e. The number of aliphatic carboxylic acids is 1. The predicted molar refractivity (Wildman–Crippen MR) is 66.5 cm³/mol. The number of carboxylic acids is 1. The van der Waals surface area contributed by atoms with Crippen molar-refractivity contribution in [3.05, 3.63) is 23.3 Å². The highest BCUT2D eigenvalue weighted by atomic mass is 32.2. The fourth-order valence-corrected chi connectivity index (χ4v) is 3.17. The average molecular weight is 237 g/mol. The Morgan fingerprint density at radius 2 is 2.06 bits per heavy atom. The smallest absolute Gasteiger partial charge is 0.327 e. The lowest BCUT2D eigenvalue weighted by atomic mass is 10.1. The second kappa shape index (κ2) is 4.01. The van der Waals surface area contributed by atoms with Crippen LogP contribution in [-0.4, -0.2) is 29.9 Å². The van der Waals surface area contributed by atoms with Crippen LogP contribution in [0.3, 0.4) is 0 Å². The highest BCUT2D eigenvalue weighted by Crippen LogP contribution is 2.38. The summed E-state index contributed by atoms with van der Waals surface area (Å²) in [5.74, 6) is -0.139. The van der Waals surface area contributed by atoms with Gasteiger partial charge in [0, 0.05) is 17.7 Å². The van der Waals surface area contributed by atoms with E-state index in [2.05, 4.69) is 26.0 Å². The molecule has 1 aromatic rings. The molecule has 0 radical (unpaired) electrons. The second-order valence-corrected chi connectivity index (χ2v) is 5.24. The Morgan fingerprint density at radius 1 is 1.44 bits per heavy atom. The van der Waals surface area contributed by atoms with Crippen LogP contribution in [0.2, 0.25) is 0 Å². The molecule has 0 saturated heterocycles. The van der Waals surface area contributed by atoms with E-state index in [9.17, 15) is 4.79 Å². The molecule has 0 aromatic heterocycles. The number of nitrogens with zero attached hydrogens (tertiary/aromatic N) is 1. The van der Waals surface area contributed by atoms with Crippen molar-refractivity contribution in [1.29, 1.82) is 0 Å². The Bertz CT molecular complexity index is 445. The molecule has 1 heterocycles. The van der Waals surface area contributed by atoms with Gasteiger partial charge in [-0.25, -0.2) is 4.79 Å². The molecular weight excluding hydrogens is 222 g/mol. The van der Waals surface area contributed by atoms with E-state index in [0.717, 1.165) is 5.69 Å². The van der Waals surface area contributed by atoms with Gasteiger partial charge in [0.25, 0.3) is 0 Å². The number of hydrogen-bond acceptors (Lipinski definition) is 3. The maximum Gasteiger partial charge on any atom is 0.327 e. The Kier molecular flexibility index (Phi) is 2.84. The van der Waals surface area contributed by atoms with Crippen LogP contribution in [0.1, 0.15) is 11.1 Å². The summed E-state index contributed by atoms with van der Waals surface area (Å²) >= 11 is 1.63. The SMILES string of the molecule is Cc1cc2c(cc1C)N(C)C(C(=O)O)CS2. The van der Waals surface area contributed by atoms with Crippen LogP contribution in [0.15, 0.2) is 17.0 Å². The first-order valence-corrected chi connectivity index (χ1v) is 6.19. The quantitative estimate of drug-likeness (QED) is 0.813. The van der Waals surface area contributed by atoms with Crippen molar-refractivity contribution in [2.75, 3.05) is 17.7 Å². The van der Waals surface area contributed by atoms with Crippen molar-refractivity contribution in [2.24, 2.45) is 0 Å². The molecule has 16 heavy (non-hydrogen) atoms. The summed E-state index contributed by atoms with van der Waals surface area (Å²) in [5, 5.41) is 9.10. The molecule has 0 fully saturated rings. The lowest BCUT2D eigenvalue weighted by Crippen LogP contribution is -2.42. The molecule has 4 heteroatoms. The van der Waals surface area contributed by atoms with E-state index >= 15 is 0 Å². The molecule has 0 amide bonds. The fraction of sp³-hybridized carbons (Fsp3) is 0.417. The third-order valence-electron chi connectivity index (χ3n) is 3.10. The number of hydrogen-bond donors (Lipinski definition) is 1. The molecule has 1 N–H and O–H groups in total. The van der Waals surface area contributed by atoms with Gasteiger partial charge in [-0.05, 0) is 37.1 Å². The van der Waals surface area contributed by atoms with E-state index in [1.165, 1.54) is 16.0 Å². The molecular formula is C12H15NO2S. The molecule has 3 nitrogen and oxygen atoms in total. The molecule has 86 valence electrons. The summed E-state index contributed by atoms with van der Waals surface area (Å²) in [5.41, 5.74) is 3.50. The van der Waals surface area contributed by atoms with Gasteiger partial charge < -0.3 is 10.0 Å². The van der Waals surface area contributed by atoms with E-state index in [4.69, 9.17) is 5.11 Å². The van der Waals surface area contributed by atoms with Crippen molar-refractivity contribution >= 4 is 23.4 Å². The molecule has 1 aliphatic rings. The molecule has 0 bridgehead atoms. The third kappa shape index (κ3) is 1.78. The van der Waals surface area contributed by atoms with Crippen molar-refractivity contribution in [3.8, 4) is 0 Å². The maximum absolute atomic E-state index is 11.1. The van der Waals surface area contributed by atoms with Gasteiger partial charge in [0.05, 0.1) is 5.69 Å². The largest absolute Gasteiger partial charge is 0.480 e. The normalized spacial score (nSPS) is 19.4. The molecule has 1 aliphatic heterocycles. The number of likely N-dealkylation sites (N-methyl/N-ethyl adjacent to an activating group) is 1. The Morgan fingerprint density at radius 3 is 2.69 bits per heavy atom. The molecule has 2 rings (SSSR count). The van der Waals surface area contributed by atoms with Crippen molar-refractivity contribution in [1.82, 2.24) is 0 Å². The second-order valence-electron chi connectivity index (χ2n) is 4.18. The summed E-state index contributed by atoms with van der Waals surface area (Å²) in [4.78, 5) is 14.1. The highest BCUT2D eigenvalue weighted by Gasteiger charge is 2.29. The van der Waals surface area contributed by atoms with Gasteiger partial charge in [0.2, 0.25) is 0 Å². The predicted octanol–water partition coefficient (Wildman–Crippen LogP) is 2.30. The van der Waals surface area contributed by atoms with Gasteiger partial charge in [-0.2, -0.15) is 0 Å². The number of carbonyl (C=O) groups is 1. The highest BCUT2D eigenvalue weighted by molar-refractivity contribution is 7.99. The first-order valence-electron chi connectivity index (χ1n) is 5.20. The van der Waals surface area contributed by atoms with Crippen molar-refractivity contribution in [2.45, 2.75) is 24.8 Å². The third-order valence-corrected chi connectivity index (χ3v) is 4.22. The monoisotopic (exact) mass is 237 g/mol. The molecule has 0 aliphatic carbocycles. The minimum atomic E-state index is -0.751. The van der Waals surface area contributed by atoms with Gasteiger partial charge in [0.1, 0.15) is 6.04 Å². The van der Waals surface area contributed by atoms with E-state index in [-0.39, 0.29) is 0 Å². The molecule has 1 unspecified atom stereocenters. The van der Waals surface area contributed by atoms with E-state index < -0.39 is 12.0 Å². The molecule has 0 saturated carbocycles. The van der Waals surface area contributed by atoms with Crippen LogP contribution in [0.25, 0.3) is 0 Å². The van der Waals surface area contributed by atoms with Crippen LogP contribution in [0, 0.1) is 13.8 Å². The number of carboxylic acid groups (broad SMARTS) is 1. The molecule has 0 spiro atoms. The topological polar surface area (TPSA) is 40.5 Å². The van der Waals surface area contributed by atoms with Gasteiger partial charge in [-0.15, -0.1) is 11.8 Å². The first kappa shape index (κ1) is 11.3. The molecule has 1 aromatic carbocycles. The summed E-state index contributed by atoms with van der Waals surface area (Å²) in [6.07, 6.45) is 0. The lowest BCUT2D eigenvalue weighted by Gasteiger charge is -2.33. The zero-order chi connectivity index (χ0) is 11.9. The van der Waals surface area contributed by atoms with Gasteiger partial charge >= 0.3 is 5.97 Å². The van der Waals surface area contributed by atoms with Crippen molar-refractivity contribution < 1.29 is 9.90 Å². The number of thioether (sulfide) groups is 1. The number of benzene rings is 1. The molecule has 1 atom stereocenters. The van der Waals surface area contributed by atoms with E-state index in [0.29, 0.717) is 5.75 Å². The number of anilines is 1. The van der Waals surface area contributed by atoms with Crippen LogP contribution in [0.5, 0.6) is 0 Å². The zero-order valence-corrected chi connectivity index (χ0v) is 10.5. The van der Waals surface area contributed by atoms with Crippen LogP contribution in [0.4, 0.5) is 5.69 Å². The maximum atomic E-state index is 11.1. The van der Waals surface area contributed by atoms with Crippen LogP contribution in [-0.2, 0) is 4.79 Å².